The molecule has 1 amide bonds. The monoisotopic (exact) mass is 293 g/mol. The quantitative estimate of drug-likeness (QED) is 0.847. The zero-order chi connectivity index (χ0) is 14.9. The summed E-state index contributed by atoms with van der Waals surface area (Å²) in [6, 6.07) is 0.704. The van der Waals surface area contributed by atoms with E-state index in [1.54, 1.807) is 0 Å². The Morgan fingerprint density at radius 1 is 1.05 bits per heavy atom. The molecule has 2 atom stereocenters. The van der Waals surface area contributed by atoms with Gasteiger partial charge in [-0.15, -0.1) is 0 Å². The maximum absolute atomic E-state index is 12.8. The highest BCUT2D eigenvalue weighted by Crippen LogP contribution is 2.33. The Labute approximate surface area is 129 Å². The van der Waals surface area contributed by atoms with Gasteiger partial charge in [0.1, 0.15) is 0 Å². The van der Waals surface area contributed by atoms with Gasteiger partial charge in [-0.3, -0.25) is 4.79 Å². The summed E-state index contributed by atoms with van der Waals surface area (Å²) in [7, 11) is 0. The van der Waals surface area contributed by atoms with Crippen LogP contribution in [0.2, 0.25) is 0 Å². The predicted molar refractivity (Wildman–Crippen MR) is 85.0 cm³/mol. The van der Waals surface area contributed by atoms with E-state index >= 15 is 0 Å². The second kappa shape index (κ2) is 6.25. The van der Waals surface area contributed by atoms with Gasteiger partial charge in [0, 0.05) is 19.1 Å². The molecule has 1 saturated carbocycles. The average Bonchev–Trinajstić information content (AvgIpc) is 3.00. The molecule has 3 fully saturated rings. The van der Waals surface area contributed by atoms with Crippen LogP contribution in [0, 0.1) is 5.92 Å². The summed E-state index contributed by atoms with van der Waals surface area (Å²) in [6.07, 6.45) is 9.05. The minimum Gasteiger partial charge on any atom is -0.341 e. The van der Waals surface area contributed by atoms with Crippen molar-refractivity contribution in [2.75, 3.05) is 26.2 Å². The van der Waals surface area contributed by atoms with E-state index in [-0.39, 0.29) is 5.91 Å². The molecule has 0 aromatic rings. The van der Waals surface area contributed by atoms with Crippen LogP contribution in [-0.4, -0.2) is 53.5 Å². The SMILES string of the molecule is CC1CCCC(N)(C(=O)N2CCC(N3CCCC3)CC2)C1. The predicted octanol–water partition coefficient (Wildman–Crippen LogP) is 1.98. The molecular formula is C17H31N3O. The van der Waals surface area contributed by atoms with E-state index in [4.69, 9.17) is 5.73 Å². The number of piperidine rings is 1. The minimum atomic E-state index is -0.571. The highest BCUT2D eigenvalue weighted by Gasteiger charge is 2.41. The summed E-state index contributed by atoms with van der Waals surface area (Å²) >= 11 is 0. The van der Waals surface area contributed by atoms with Gasteiger partial charge < -0.3 is 15.5 Å². The molecule has 4 nitrogen and oxygen atoms in total. The standard InChI is InChI=1S/C17H31N3O/c1-14-5-4-8-17(18,13-14)16(21)20-11-6-15(7-12-20)19-9-2-3-10-19/h14-15H,2-13,18H2,1H3. The maximum Gasteiger partial charge on any atom is 0.242 e. The van der Waals surface area contributed by atoms with E-state index < -0.39 is 5.54 Å². The highest BCUT2D eigenvalue weighted by atomic mass is 16.2. The van der Waals surface area contributed by atoms with E-state index in [9.17, 15) is 4.79 Å². The Morgan fingerprint density at radius 3 is 2.33 bits per heavy atom. The van der Waals surface area contributed by atoms with Crippen LogP contribution in [-0.2, 0) is 4.79 Å². The molecule has 3 aliphatic rings. The van der Waals surface area contributed by atoms with Gasteiger partial charge >= 0.3 is 0 Å². The fourth-order valence-corrected chi connectivity index (χ4v) is 4.64. The number of nitrogens with zero attached hydrogens (tertiary/aromatic N) is 2. The molecule has 0 aromatic carbocycles. The molecule has 0 bridgehead atoms. The minimum absolute atomic E-state index is 0.230. The van der Waals surface area contributed by atoms with Crippen LogP contribution in [0.1, 0.15) is 58.3 Å². The summed E-state index contributed by atoms with van der Waals surface area (Å²) in [4.78, 5) is 17.5. The third kappa shape index (κ3) is 3.26. The number of amides is 1. The number of likely N-dealkylation sites (tertiary alicyclic amines) is 2. The number of hydrogen-bond acceptors (Lipinski definition) is 3. The normalized spacial score (nSPS) is 36.1. The lowest BCUT2D eigenvalue weighted by Gasteiger charge is -2.42. The van der Waals surface area contributed by atoms with Crippen LogP contribution in [0.4, 0.5) is 0 Å². The Balaban J connectivity index is 1.54. The molecule has 2 N–H and O–H groups in total. The van der Waals surface area contributed by atoms with Crippen molar-refractivity contribution < 1.29 is 4.79 Å². The fraction of sp³-hybridized carbons (Fsp3) is 0.941. The highest BCUT2D eigenvalue weighted by molar-refractivity contribution is 5.86. The molecule has 21 heavy (non-hydrogen) atoms. The van der Waals surface area contributed by atoms with Crippen molar-refractivity contribution >= 4 is 5.91 Å². The maximum atomic E-state index is 12.8. The third-order valence-corrected chi connectivity index (χ3v) is 5.87. The Hall–Kier alpha value is -0.610. The molecule has 3 rings (SSSR count). The van der Waals surface area contributed by atoms with Gasteiger partial charge in [0.05, 0.1) is 5.54 Å². The number of hydrogen-bond donors (Lipinski definition) is 1. The van der Waals surface area contributed by atoms with Crippen molar-refractivity contribution in [3.8, 4) is 0 Å². The van der Waals surface area contributed by atoms with Crippen molar-refractivity contribution in [2.24, 2.45) is 11.7 Å². The average molecular weight is 293 g/mol. The molecule has 2 saturated heterocycles. The van der Waals surface area contributed by atoms with Gasteiger partial charge in [0.25, 0.3) is 0 Å². The molecule has 2 heterocycles. The largest absolute Gasteiger partial charge is 0.341 e. The van der Waals surface area contributed by atoms with E-state index in [0.717, 1.165) is 45.2 Å². The van der Waals surface area contributed by atoms with Gasteiger partial charge in [-0.2, -0.15) is 0 Å². The number of carbonyl (C=O) groups is 1. The first-order chi connectivity index (χ1) is 10.1. The van der Waals surface area contributed by atoms with Crippen molar-refractivity contribution in [1.82, 2.24) is 9.80 Å². The van der Waals surface area contributed by atoms with Gasteiger partial charge in [-0.1, -0.05) is 19.8 Å². The summed E-state index contributed by atoms with van der Waals surface area (Å²) in [5, 5.41) is 0. The van der Waals surface area contributed by atoms with Crippen molar-refractivity contribution in [2.45, 2.75) is 69.9 Å². The summed E-state index contributed by atoms with van der Waals surface area (Å²) in [5.41, 5.74) is 5.91. The summed E-state index contributed by atoms with van der Waals surface area (Å²) < 4.78 is 0. The molecule has 2 aliphatic heterocycles. The van der Waals surface area contributed by atoms with Crippen molar-refractivity contribution in [1.29, 1.82) is 0 Å². The lowest BCUT2D eigenvalue weighted by Crippen LogP contribution is -2.59. The van der Waals surface area contributed by atoms with Gasteiger partial charge in [-0.25, -0.2) is 0 Å². The van der Waals surface area contributed by atoms with Gasteiger partial charge in [0.2, 0.25) is 5.91 Å². The first kappa shape index (κ1) is 15.3. The fourth-order valence-electron chi connectivity index (χ4n) is 4.64. The van der Waals surface area contributed by atoms with Crippen molar-refractivity contribution in [3.05, 3.63) is 0 Å². The topological polar surface area (TPSA) is 49.6 Å². The van der Waals surface area contributed by atoms with Crippen molar-refractivity contribution in [3.63, 3.8) is 0 Å². The smallest absolute Gasteiger partial charge is 0.242 e. The Kier molecular flexibility index (Phi) is 4.55. The van der Waals surface area contributed by atoms with E-state index in [1.165, 1.54) is 32.4 Å². The molecule has 0 radical (unpaired) electrons. The molecule has 4 heteroatoms. The third-order valence-electron chi connectivity index (χ3n) is 5.87. The van der Waals surface area contributed by atoms with Gasteiger partial charge in [-0.05, 0) is 57.5 Å². The summed E-state index contributed by atoms with van der Waals surface area (Å²) in [6.45, 7) is 6.57. The van der Waals surface area contributed by atoms with E-state index in [0.29, 0.717) is 12.0 Å². The number of carbonyl (C=O) groups excluding carboxylic acids is 1. The first-order valence-corrected chi connectivity index (χ1v) is 8.91. The van der Waals surface area contributed by atoms with Crippen LogP contribution in [0.3, 0.4) is 0 Å². The molecular weight excluding hydrogens is 262 g/mol. The van der Waals surface area contributed by atoms with Crippen LogP contribution >= 0.6 is 0 Å². The summed E-state index contributed by atoms with van der Waals surface area (Å²) in [5.74, 6) is 0.823. The second-order valence-electron chi connectivity index (χ2n) is 7.62. The van der Waals surface area contributed by atoms with E-state index in [2.05, 4.69) is 16.7 Å². The number of nitrogens with two attached hydrogens (primary N) is 1. The van der Waals surface area contributed by atoms with Crippen LogP contribution in [0.15, 0.2) is 0 Å². The Bertz CT molecular complexity index is 372. The number of rotatable bonds is 2. The molecule has 0 aromatic heterocycles. The zero-order valence-electron chi connectivity index (χ0n) is 13.5. The van der Waals surface area contributed by atoms with Crippen LogP contribution in [0.25, 0.3) is 0 Å². The first-order valence-electron chi connectivity index (χ1n) is 8.91. The Morgan fingerprint density at radius 2 is 1.71 bits per heavy atom. The molecule has 1 aliphatic carbocycles. The lowest BCUT2D eigenvalue weighted by atomic mass is 9.76. The molecule has 2 unspecified atom stereocenters. The van der Waals surface area contributed by atoms with Crippen LogP contribution < -0.4 is 5.73 Å². The molecule has 0 spiro atoms. The van der Waals surface area contributed by atoms with Crippen LogP contribution in [0.5, 0.6) is 0 Å². The lowest BCUT2D eigenvalue weighted by molar-refractivity contribution is -0.140. The van der Waals surface area contributed by atoms with Gasteiger partial charge in [0.15, 0.2) is 0 Å². The second-order valence-corrected chi connectivity index (χ2v) is 7.62. The zero-order valence-corrected chi connectivity index (χ0v) is 13.5. The van der Waals surface area contributed by atoms with E-state index in [1.807, 2.05) is 0 Å². The molecule has 120 valence electrons.